The van der Waals surface area contributed by atoms with E-state index in [1.165, 1.54) is 0 Å². The Kier molecular flexibility index (Phi) is 3.28. The van der Waals surface area contributed by atoms with Crippen LogP contribution in [0, 0.1) is 0 Å². The second kappa shape index (κ2) is 4.87. The van der Waals surface area contributed by atoms with Crippen LogP contribution in [-0.4, -0.2) is 16.2 Å². The maximum Gasteiger partial charge on any atom is 0.303 e. The summed E-state index contributed by atoms with van der Waals surface area (Å²) in [6.07, 6.45) is 1.51. The van der Waals surface area contributed by atoms with Gasteiger partial charge in [-0.05, 0) is 29.9 Å². The Morgan fingerprint density at radius 3 is 2.47 bits per heavy atom. The van der Waals surface area contributed by atoms with Crippen LogP contribution in [0.2, 0.25) is 0 Å². The van der Waals surface area contributed by atoms with E-state index in [4.69, 9.17) is 5.11 Å². The third-order valence-electron chi connectivity index (χ3n) is 2.83. The molecule has 0 aliphatic carbocycles. The van der Waals surface area contributed by atoms with E-state index in [1.54, 1.807) is 6.07 Å². The first kappa shape index (κ1) is 11.5. The number of phenolic OH excluding ortho intramolecular Hbond substituents is 1. The van der Waals surface area contributed by atoms with Gasteiger partial charge in [0.05, 0.1) is 0 Å². The molecule has 2 aromatic rings. The normalized spacial score (nSPS) is 10.6. The zero-order valence-electron chi connectivity index (χ0n) is 9.39. The molecule has 0 aliphatic heterocycles. The van der Waals surface area contributed by atoms with Gasteiger partial charge >= 0.3 is 5.97 Å². The predicted molar refractivity (Wildman–Crippen MR) is 66.2 cm³/mol. The minimum Gasteiger partial charge on any atom is -0.507 e. The molecule has 0 saturated heterocycles. The molecule has 0 radical (unpaired) electrons. The molecule has 0 bridgehead atoms. The highest BCUT2D eigenvalue weighted by molar-refractivity contribution is 5.90. The number of fused-ring (bicyclic) bond motifs is 1. The fourth-order valence-corrected chi connectivity index (χ4v) is 1.99. The largest absolute Gasteiger partial charge is 0.507 e. The third-order valence-corrected chi connectivity index (χ3v) is 2.83. The highest BCUT2D eigenvalue weighted by atomic mass is 16.4. The molecule has 0 aliphatic rings. The van der Waals surface area contributed by atoms with Crippen LogP contribution in [0.15, 0.2) is 36.4 Å². The van der Waals surface area contributed by atoms with Crippen LogP contribution < -0.4 is 0 Å². The van der Waals surface area contributed by atoms with Crippen molar-refractivity contribution in [2.24, 2.45) is 0 Å². The molecule has 2 N–H and O–H groups in total. The van der Waals surface area contributed by atoms with E-state index in [0.717, 1.165) is 16.3 Å². The van der Waals surface area contributed by atoms with E-state index in [0.29, 0.717) is 12.8 Å². The number of aryl methyl sites for hydroxylation is 1. The van der Waals surface area contributed by atoms with Crippen molar-refractivity contribution >= 4 is 16.7 Å². The lowest BCUT2D eigenvalue weighted by Gasteiger charge is -2.07. The number of benzene rings is 2. The molecule has 0 amide bonds. The topological polar surface area (TPSA) is 57.5 Å². The second-order valence-electron chi connectivity index (χ2n) is 4.04. The highest BCUT2D eigenvalue weighted by Crippen LogP contribution is 2.28. The Morgan fingerprint density at radius 1 is 1.06 bits per heavy atom. The third kappa shape index (κ3) is 2.56. The summed E-state index contributed by atoms with van der Waals surface area (Å²) in [4.78, 5) is 10.5. The number of aromatic hydroxyl groups is 1. The van der Waals surface area contributed by atoms with Gasteiger partial charge in [0, 0.05) is 11.8 Å². The van der Waals surface area contributed by atoms with E-state index in [9.17, 15) is 9.90 Å². The Bertz CT molecular complexity index is 546. The summed E-state index contributed by atoms with van der Waals surface area (Å²) in [5.41, 5.74) is 1.08. The van der Waals surface area contributed by atoms with Gasteiger partial charge in [0.15, 0.2) is 0 Å². The van der Waals surface area contributed by atoms with Gasteiger partial charge in [0.1, 0.15) is 5.75 Å². The predicted octanol–water partition coefficient (Wildman–Crippen LogP) is 2.95. The standard InChI is InChI=1S/C14H14O3/c15-13-9-8-10(4-3-7-14(16)17)11-5-1-2-6-12(11)13/h1-2,5-6,8-9,15H,3-4,7H2,(H,16,17). The van der Waals surface area contributed by atoms with Gasteiger partial charge in [0.2, 0.25) is 0 Å². The average Bonchev–Trinajstić information content (AvgIpc) is 2.32. The van der Waals surface area contributed by atoms with E-state index >= 15 is 0 Å². The lowest BCUT2D eigenvalue weighted by molar-refractivity contribution is -0.137. The monoisotopic (exact) mass is 230 g/mol. The fourth-order valence-electron chi connectivity index (χ4n) is 1.99. The quantitative estimate of drug-likeness (QED) is 0.849. The number of carboxylic acid groups (broad SMARTS) is 1. The second-order valence-corrected chi connectivity index (χ2v) is 4.04. The van der Waals surface area contributed by atoms with Crippen LogP contribution in [0.5, 0.6) is 5.75 Å². The molecule has 0 spiro atoms. The molecule has 0 aromatic heterocycles. The Hall–Kier alpha value is -2.03. The van der Waals surface area contributed by atoms with Crippen LogP contribution in [0.4, 0.5) is 0 Å². The molecule has 0 fully saturated rings. The first-order valence-corrected chi connectivity index (χ1v) is 5.60. The van der Waals surface area contributed by atoms with Gasteiger partial charge in [-0.25, -0.2) is 0 Å². The van der Waals surface area contributed by atoms with Crippen molar-refractivity contribution in [3.8, 4) is 5.75 Å². The summed E-state index contributed by atoms with van der Waals surface area (Å²) >= 11 is 0. The summed E-state index contributed by atoms with van der Waals surface area (Å²) in [5, 5.41) is 20.1. The smallest absolute Gasteiger partial charge is 0.303 e. The molecule has 0 atom stereocenters. The molecule has 88 valence electrons. The van der Waals surface area contributed by atoms with Crippen molar-refractivity contribution < 1.29 is 15.0 Å². The molecule has 3 nitrogen and oxygen atoms in total. The lowest BCUT2D eigenvalue weighted by atomic mass is 9.99. The average molecular weight is 230 g/mol. The summed E-state index contributed by atoms with van der Waals surface area (Å²) in [5.74, 6) is -0.504. The summed E-state index contributed by atoms with van der Waals surface area (Å²) < 4.78 is 0. The fraction of sp³-hybridized carbons (Fsp3) is 0.214. The van der Waals surface area contributed by atoms with E-state index in [-0.39, 0.29) is 12.2 Å². The number of carbonyl (C=O) groups is 1. The first-order chi connectivity index (χ1) is 8.18. The zero-order chi connectivity index (χ0) is 12.3. The summed E-state index contributed by atoms with van der Waals surface area (Å²) in [6, 6.07) is 11.1. The van der Waals surface area contributed by atoms with Crippen molar-refractivity contribution in [2.45, 2.75) is 19.3 Å². The Labute approximate surface area is 99.3 Å². The van der Waals surface area contributed by atoms with Gasteiger partial charge in [-0.1, -0.05) is 30.3 Å². The van der Waals surface area contributed by atoms with Gasteiger partial charge in [-0.3, -0.25) is 4.79 Å². The van der Waals surface area contributed by atoms with Crippen LogP contribution in [0.3, 0.4) is 0 Å². The van der Waals surface area contributed by atoms with E-state index in [2.05, 4.69) is 0 Å². The van der Waals surface area contributed by atoms with Gasteiger partial charge < -0.3 is 10.2 Å². The van der Waals surface area contributed by atoms with Crippen molar-refractivity contribution in [3.63, 3.8) is 0 Å². The van der Waals surface area contributed by atoms with Gasteiger partial charge in [-0.2, -0.15) is 0 Å². The Balaban J connectivity index is 2.28. The lowest BCUT2D eigenvalue weighted by Crippen LogP contribution is -1.96. The number of rotatable bonds is 4. The number of aliphatic carboxylic acids is 1. The molecule has 17 heavy (non-hydrogen) atoms. The Morgan fingerprint density at radius 2 is 1.76 bits per heavy atom. The summed E-state index contributed by atoms with van der Waals surface area (Å²) in [7, 11) is 0. The minimum absolute atomic E-state index is 0.176. The van der Waals surface area contributed by atoms with Crippen molar-refractivity contribution in [1.29, 1.82) is 0 Å². The molecule has 0 heterocycles. The van der Waals surface area contributed by atoms with Gasteiger partial charge in [0.25, 0.3) is 0 Å². The van der Waals surface area contributed by atoms with Crippen LogP contribution in [0.25, 0.3) is 10.8 Å². The molecule has 0 unspecified atom stereocenters. The van der Waals surface area contributed by atoms with Crippen LogP contribution in [0.1, 0.15) is 18.4 Å². The molecule has 2 aromatic carbocycles. The molecular formula is C14H14O3. The maximum atomic E-state index is 10.5. The van der Waals surface area contributed by atoms with Crippen LogP contribution in [-0.2, 0) is 11.2 Å². The van der Waals surface area contributed by atoms with Gasteiger partial charge in [-0.15, -0.1) is 0 Å². The molecule has 3 heteroatoms. The van der Waals surface area contributed by atoms with Crippen molar-refractivity contribution in [3.05, 3.63) is 42.0 Å². The molecule has 0 saturated carbocycles. The van der Waals surface area contributed by atoms with E-state index < -0.39 is 5.97 Å². The maximum absolute atomic E-state index is 10.5. The van der Waals surface area contributed by atoms with E-state index in [1.807, 2.05) is 30.3 Å². The van der Waals surface area contributed by atoms with Crippen molar-refractivity contribution in [1.82, 2.24) is 0 Å². The number of carboxylic acids is 1. The summed E-state index contributed by atoms with van der Waals surface area (Å²) in [6.45, 7) is 0. The SMILES string of the molecule is O=C(O)CCCc1ccc(O)c2ccccc12. The molecular weight excluding hydrogens is 216 g/mol. The minimum atomic E-state index is -0.770. The van der Waals surface area contributed by atoms with Crippen LogP contribution >= 0.6 is 0 Å². The number of hydrogen-bond donors (Lipinski definition) is 2. The number of phenols is 1. The van der Waals surface area contributed by atoms with Crippen molar-refractivity contribution in [2.75, 3.05) is 0 Å². The number of hydrogen-bond acceptors (Lipinski definition) is 2. The zero-order valence-corrected chi connectivity index (χ0v) is 9.39. The molecule has 2 rings (SSSR count). The first-order valence-electron chi connectivity index (χ1n) is 5.60. The highest BCUT2D eigenvalue weighted by Gasteiger charge is 2.05.